The summed E-state index contributed by atoms with van der Waals surface area (Å²) in [4.78, 5) is 10.8. The zero-order valence-electron chi connectivity index (χ0n) is 8.94. The first-order valence-electron chi connectivity index (χ1n) is 5.46. The van der Waals surface area contributed by atoms with Crippen molar-refractivity contribution >= 4 is 5.97 Å². The minimum Gasteiger partial charge on any atom is -0.481 e. The normalized spacial score (nSPS) is 17.4. The first-order chi connectivity index (χ1) is 7.16. The molecule has 2 heteroatoms. The van der Waals surface area contributed by atoms with Crippen LogP contribution in [0.4, 0.5) is 0 Å². The van der Waals surface area contributed by atoms with Gasteiger partial charge in [0.2, 0.25) is 0 Å². The largest absolute Gasteiger partial charge is 0.481 e. The van der Waals surface area contributed by atoms with Gasteiger partial charge in [0.05, 0.1) is 5.92 Å². The first-order valence-corrected chi connectivity index (χ1v) is 5.46. The number of carbonyl (C=O) groups is 1. The number of aliphatic carboxylic acids is 1. The van der Waals surface area contributed by atoms with Crippen LogP contribution in [0.25, 0.3) is 0 Å². The van der Waals surface area contributed by atoms with E-state index < -0.39 is 5.97 Å². The van der Waals surface area contributed by atoms with Crippen LogP contribution in [0, 0.1) is 11.8 Å². The SMILES string of the molecule is CC(CC1Cc2ccccc2C1)C(=O)O. The maximum Gasteiger partial charge on any atom is 0.306 e. The predicted molar refractivity (Wildman–Crippen MR) is 58.8 cm³/mol. The number of hydrogen-bond acceptors (Lipinski definition) is 1. The number of hydrogen-bond donors (Lipinski definition) is 1. The second kappa shape index (κ2) is 4.05. The van der Waals surface area contributed by atoms with E-state index in [1.165, 1.54) is 11.1 Å². The fourth-order valence-corrected chi connectivity index (χ4v) is 2.42. The molecule has 0 bridgehead atoms. The molecule has 15 heavy (non-hydrogen) atoms. The van der Waals surface area contributed by atoms with Crippen LogP contribution in [0.1, 0.15) is 24.5 Å². The van der Waals surface area contributed by atoms with Crippen LogP contribution in [-0.4, -0.2) is 11.1 Å². The van der Waals surface area contributed by atoms with Gasteiger partial charge in [0.15, 0.2) is 0 Å². The average molecular weight is 204 g/mol. The fourth-order valence-electron chi connectivity index (χ4n) is 2.42. The molecule has 1 aromatic rings. The molecule has 0 aromatic heterocycles. The second-order valence-electron chi connectivity index (χ2n) is 4.52. The lowest BCUT2D eigenvalue weighted by atomic mass is 9.93. The first kappa shape index (κ1) is 10.2. The molecule has 0 heterocycles. The highest BCUT2D eigenvalue weighted by Crippen LogP contribution is 2.30. The van der Waals surface area contributed by atoms with Crippen LogP contribution in [0.3, 0.4) is 0 Å². The lowest BCUT2D eigenvalue weighted by Crippen LogP contribution is -2.14. The van der Waals surface area contributed by atoms with Crippen LogP contribution in [-0.2, 0) is 17.6 Å². The quantitative estimate of drug-likeness (QED) is 0.821. The van der Waals surface area contributed by atoms with Crippen LogP contribution < -0.4 is 0 Å². The van der Waals surface area contributed by atoms with Crippen molar-refractivity contribution in [2.24, 2.45) is 11.8 Å². The maximum atomic E-state index is 10.8. The monoisotopic (exact) mass is 204 g/mol. The van der Waals surface area contributed by atoms with Crippen molar-refractivity contribution in [2.75, 3.05) is 0 Å². The van der Waals surface area contributed by atoms with Gasteiger partial charge in [-0.15, -0.1) is 0 Å². The molecular weight excluding hydrogens is 188 g/mol. The Morgan fingerprint density at radius 2 is 1.93 bits per heavy atom. The third kappa shape index (κ3) is 2.20. The van der Waals surface area contributed by atoms with E-state index in [1.807, 2.05) is 0 Å². The van der Waals surface area contributed by atoms with Crippen LogP contribution >= 0.6 is 0 Å². The summed E-state index contributed by atoms with van der Waals surface area (Å²) in [5, 5.41) is 8.86. The average Bonchev–Trinajstić information content (AvgIpc) is 2.59. The maximum absolute atomic E-state index is 10.8. The molecule has 0 radical (unpaired) electrons. The number of carboxylic acid groups (broad SMARTS) is 1. The van der Waals surface area contributed by atoms with Crippen molar-refractivity contribution in [3.63, 3.8) is 0 Å². The molecule has 0 spiro atoms. The van der Waals surface area contributed by atoms with Gasteiger partial charge in [-0.2, -0.15) is 0 Å². The summed E-state index contributed by atoms with van der Waals surface area (Å²) >= 11 is 0. The molecule has 1 aliphatic carbocycles. The molecule has 80 valence electrons. The summed E-state index contributed by atoms with van der Waals surface area (Å²) < 4.78 is 0. The Morgan fingerprint density at radius 1 is 1.40 bits per heavy atom. The van der Waals surface area contributed by atoms with Crippen molar-refractivity contribution in [2.45, 2.75) is 26.2 Å². The van der Waals surface area contributed by atoms with Gasteiger partial charge in [0, 0.05) is 0 Å². The molecular formula is C13H16O2. The Kier molecular flexibility index (Phi) is 2.76. The van der Waals surface area contributed by atoms with Gasteiger partial charge in [-0.1, -0.05) is 31.2 Å². The summed E-state index contributed by atoms with van der Waals surface area (Å²) in [5.41, 5.74) is 2.81. The highest BCUT2D eigenvalue weighted by atomic mass is 16.4. The van der Waals surface area contributed by atoms with Gasteiger partial charge in [-0.05, 0) is 36.3 Å². The van der Waals surface area contributed by atoms with E-state index in [0.29, 0.717) is 5.92 Å². The summed E-state index contributed by atoms with van der Waals surface area (Å²) in [6.45, 7) is 1.80. The Bertz CT molecular complexity index is 346. The van der Waals surface area contributed by atoms with Crippen molar-refractivity contribution in [1.29, 1.82) is 0 Å². The molecule has 2 rings (SSSR count). The van der Waals surface area contributed by atoms with E-state index >= 15 is 0 Å². The number of rotatable bonds is 3. The summed E-state index contributed by atoms with van der Waals surface area (Å²) in [6, 6.07) is 8.42. The molecule has 0 aliphatic heterocycles. The Balaban J connectivity index is 1.99. The standard InChI is InChI=1S/C13H16O2/c1-9(13(14)15)6-10-7-11-4-2-3-5-12(11)8-10/h2-5,9-10H,6-8H2,1H3,(H,14,15). The van der Waals surface area contributed by atoms with Crippen LogP contribution in [0.2, 0.25) is 0 Å². The molecule has 0 saturated carbocycles. The van der Waals surface area contributed by atoms with E-state index in [0.717, 1.165) is 19.3 Å². The summed E-state index contributed by atoms with van der Waals surface area (Å²) in [7, 11) is 0. The van der Waals surface area contributed by atoms with E-state index in [1.54, 1.807) is 6.92 Å². The predicted octanol–water partition coefficient (Wildman–Crippen LogP) is 2.51. The highest BCUT2D eigenvalue weighted by molar-refractivity contribution is 5.69. The van der Waals surface area contributed by atoms with Gasteiger partial charge in [-0.3, -0.25) is 4.79 Å². The second-order valence-corrected chi connectivity index (χ2v) is 4.52. The Labute approximate surface area is 89.9 Å². The molecule has 0 saturated heterocycles. The van der Waals surface area contributed by atoms with Crippen molar-refractivity contribution in [1.82, 2.24) is 0 Å². The number of benzene rings is 1. The van der Waals surface area contributed by atoms with Gasteiger partial charge in [-0.25, -0.2) is 0 Å². The number of carboxylic acids is 1. The third-order valence-electron chi connectivity index (χ3n) is 3.24. The van der Waals surface area contributed by atoms with Gasteiger partial charge in [0.1, 0.15) is 0 Å². The van der Waals surface area contributed by atoms with E-state index in [9.17, 15) is 4.79 Å². The zero-order valence-corrected chi connectivity index (χ0v) is 8.94. The topological polar surface area (TPSA) is 37.3 Å². The van der Waals surface area contributed by atoms with E-state index in [4.69, 9.17) is 5.11 Å². The molecule has 1 unspecified atom stereocenters. The van der Waals surface area contributed by atoms with E-state index in [2.05, 4.69) is 24.3 Å². The summed E-state index contributed by atoms with van der Waals surface area (Å²) in [5.74, 6) is -0.372. The zero-order chi connectivity index (χ0) is 10.8. The molecule has 2 nitrogen and oxygen atoms in total. The van der Waals surface area contributed by atoms with Gasteiger partial charge < -0.3 is 5.11 Å². The van der Waals surface area contributed by atoms with Crippen molar-refractivity contribution < 1.29 is 9.90 Å². The minimum atomic E-state index is -0.675. The number of fused-ring (bicyclic) bond motifs is 1. The van der Waals surface area contributed by atoms with Crippen molar-refractivity contribution in [3.05, 3.63) is 35.4 Å². The van der Waals surface area contributed by atoms with E-state index in [-0.39, 0.29) is 5.92 Å². The Hall–Kier alpha value is -1.31. The lowest BCUT2D eigenvalue weighted by molar-refractivity contribution is -0.141. The smallest absolute Gasteiger partial charge is 0.306 e. The van der Waals surface area contributed by atoms with Crippen LogP contribution in [0.15, 0.2) is 24.3 Å². The molecule has 0 fully saturated rings. The third-order valence-corrected chi connectivity index (χ3v) is 3.24. The molecule has 1 atom stereocenters. The Morgan fingerprint density at radius 3 is 2.40 bits per heavy atom. The molecule has 1 aromatic carbocycles. The highest BCUT2D eigenvalue weighted by Gasteiger charge is 2.24. The van der Waals surface area contributed by atoms with Crippen LogP contribution in [0.5, 0.6) is 0 Å². The fraction of sp³-hybridized carbons (Fsp3) is 0.462. The molecule has 1 N–H and O–H groups in total. The minimum absolute atomic E-state index is 0.218. The molecule has 1 aliphatic rings. The van der Waals surface area contributed by atoms with Crippen molar-refractivity contribution in [3.8, 4) is 0 Å². The van der Waals surface area contributed by atoms with Gasteiger partial charge >= 0.3 is 5.97 Å². The summed E-state index contributed by atoms with van der Waals surface area (Å²) in [6.07, 6.45) is 2.89. The molecule has 0 amide bonds. The van der Waals surface area contributed by atoms with Gasteiger partial charge in [0.25, 0.3) is 0 Å². The lowest BCUT2D eigenvalue weighted by Gasteiger charge is -2.11.